The van der Waals surface area contributed by atoms with Crippen molar-refractivity contribution >= 4 is 35.2 Å². The minimum atomic E-state index is -1.30. The van der Waals surface area contributed by atoms with Crippen LogP contribution in [0.5, 0.6) is 0 Å². The number of carboxylic acid groups (broad SMARTS) is 1. The van der Waals surface area contributed by atoms with Gasteiger partial charge in [0.25, 0.3) is 5.91 Å². The highest BCUT2D eigenvalue weighted by molar-refractivity contribution is 6.53. The molecule has 0 aliphatic carbocycles. The number of halogens is 3. The van der Waals surface area contributed by atoms with Gasteiger partial charge >= 0.3 is 6.09 Å². The molecule has 1 saturated heterocycles. The van der Waals surface area contributed by atoms with Gasteiger partial charge in [0.2, 0.25) is 0 Å². The first kappa shape index (κ1) is 24.3. The molecule has 3 atom stereocenters. The fraction of sp³-hybridized carbons (Fsp3) is 0.391. The summed E-state index contributed by atoms with van der Waals surface area (Å²) in [5.41, 5.74) is 2.40. The molecular weight excluding hydrogens is 458 g/mol. The van der Waals surface area contributed by atoms with E-state index in [4.69, 9.17) is 33.0 Å². The van der Waals surface area contributed by atoms with Crippen molar-refractivity contribution in [3.63, 3.8) is 0 Å². The average molecular weight is 483 g/mol. The Hall–Kier alpha value is -2.35. The van der Waals surface area contributed by atoms with Crippen LogP contribution in [0.25, 0.3) is 11.1 Å². The molecule has 0 spiro atoms. The van der Waals surface area contributed by atoms with Gasteiger partial charge in [-0.1, -0.05) is 71.7 Å². The monoisotopic (exact) mass is 482 g/mol. The van der Waals surface area contributed by atoms with E-state index in [2.05, 4.69) is 5.32 Å². The van der Waals surface area contributed by atoms with Crippen LogP contribution in [0.4, 0.5) is 9.18 Å². The molecule has 6 nitrogen and oxygen atoms in total. The van der Waals surface area contributed by atoms with Gasteiger partial charge in [-0.15, -0.1) is 0 Å². The van der Waals surface area contributed by atoms with E-state index in [9.17, 15) is 14.0 Å². The summed E-state index contributed by atoms with van der Waals surface area (Å²) in [5, 5.41) is 11.3. The normalized spacial score (nSPS) is 20.9. The lowest BCUT2D eigenvalue weighted by molar-refractivity contribution is -0.145. The Morgan fingerprint density at radius 2 is 1.66 bits per heavy atom. The molecule has 172 valence electrons. The second-order valence-electron chi connectivity index (χ2n) is 8.13. The quantitative estimate of drug-likeness (QED) is 0.535. The second-order valence-corrected chi connectivity index (χ2v) is 9.23. The topological polar surface area (TPSA) is 78.9 Å². The van der Waals surface area contributed by atoms with Crippen molar-refractivity contribution in [2.45, 2.75) is 49.5 Å². The Morgan fingerprint density at radius 3 is 2.12 bits per heavy atom. The van der Waals surface area contributed by atoms with Crippen LogP contribution in [0.2, 0.25) is 0 Å². The van der Waals surface area contributed by atoms with E-state index in [0.29, 0.717) is 0 Å². The van der Waals surface area contributed by atoms with E-state index >= 15 is 0 Å². The number of amides is 2. The highest BCUT2D eigenvalue weighted by Crippen LogP contribution is 2.42. The molecule has 32 heavy (non-hydrogen) atoms. The number of carbonyl (C=O) groups excluding carboxylic acids is 1. The molecule has 1 fully saturated rings. The van der Waals surface area contributed by atoms with Crippen molar-refractivity contribution < 1.29 is 23.8 Å². The predicted molar refractivity (Wildman–Crippen MR) is 121 cm³/mol. The fourth-order valence-corrected chi connectivity index (χ4v) is 4.26. The summed E-state index contributed by atoms with van der Waals surface area (Å²) in [6.07, 6.45) is -1.74. The van der Waals surface area contributed by atoms with Gasteiger partial charge in [0.15, 0.2) is 4.84 Å². The molecule has 1 aliphatic heterocycles. The summed E-state index contributed by atoms with van der Waals surface area (Å²) >= 11 is 11.5. The van der Waals surface area contributed by atoms with Gasteiger partial charge in [0.05, 0.1) is 12.1 Å². The molecule has 2 aromatic carbocycles. The SMILES string of the molecule is C[C@@H](NC(=O)O)c1ccc(-c2ccc([C@H]3OC(C)(C)N(C(=O)C(Cl)Cl)[C@@H]3CF)cc2)cc1. The Kier molecular flexibility index (Phi) is 7.32. The number of hydrogen-bond donors (Lipinski definition) is 2. The minimum absolute atomic E-state index is 0.323. The maximum Gasteiger partial charge on any atom is 0.405 e. The lowest BCUT2D eigenvalue weighted by Gasteiger charge is -2.33. The third-order valence-electron chi connectivity index (χ3n) is 5.58. The van der Waals surface area contributed by atoms with Gasteiger partial charge in [0, 0.05) is 0 Å². The van der Waals surface area contributed by atoms with E-state index in [1.54, 1.807) is 20.8 Å². The lowest BCUT2D eigenvalue weighted by atomic mass is 9.97. The molecule has 2 aromatic rings. The third kappa shape index (κ3) is 5.00. The molecule has 1 heterocycles. The fourth-order valence-electron chi connectivity index (χ4n) is 4.05. The van der Waals surface area contributed by atoms with Crippen LogP contribution >= 0.6 is 23.2 Å². The van der Waals surface area contributed by atoms with Crippen molar-refractivity contribution in [3.8, 4) is 11.1 Å². The van der Waals surface area contributed by atoms with Crippen molar-refractivity contribution in [2.75, 3.05) is 6.67 Å². The molecule has 2 N–H and O–H groups in total. The number of alkyl halides is 3. The molecule has 0 saturated carbocycles. The van der Waals surface area contributed by atoms with Crippen molar-refractivity contribution in [2.24, 2.45) is 0 Å². The zero-order valence-corrected chi connectivity index (χ0v) is 19.4. The summed E-state index contributed by atoms with van der Waals surface area (Å²) in [7, 11) is 0. The van der Waals surface area contributed by atoms with Gasteiger partial charge in [-0.05, 0) is 43.0 Å². The van der Waals surface area contributed by atoms with Gasteiger partial charge < -0.3 is 20.1 Å². The summed E-state index contributed by atoms with van der Waals surface area (Å²) in [4.78, 5) is 23.2. The third-order valence-corrected chi connectivity index (χ3v) is 5.96. The largest absolute Gasteiger partial charge is 0.465 e. The maximum atomic E-state index is 14.0. The Balaban J connectivity index is 1.81. The number of ether oxygens (including phenoxy) is 1. The predicted octanol–water partition coefficient (Wildman–Crippen LogP) is 5.46. The van der Waals surface area contributed by atoms with Crippen LogP contribution in [0.15, 0.2) is 48.5 Å². The van der Waals surface area contributed by atoms with Gasteiger partial charge in [-0.25, -0.2) is 9.18 Å². The number of nitrogens with one attached hydrogen (secondary N) is 1. The van der Waals surface area contributed by atoms with E-state index in [0.717, 1.165) is 22.3 Å². The van der Waals surface area contributed by atoms with Crippen LogP contribution in [-0.4, -0.2) is 45.3 Å². The minimum Gasteiger partial charge on any atom is -0.465 e. The molecule has 0 bridgehead atoms. The molecule has 2 amide bonds. The van der Waals surface area contributed by atoms with E-state index in [-0.39, 0.29) is 6.04 Å². The highest BCUT2D eigenvalue weighted by atomic mass is 35.5. The first-order valence-corrected chi connectivity index (χ1v) is 11.0. The number of carbonyl (C=O) groups is 2. The first-order valence-electron chi connectivity index (χ1n) is 10.1. The van der Waals surface area contributed by atoms with E-state index < -0.39 is 41.4 Å². The maximum absolute atomic E-state index is 14.0. The lowest BCUT2D eigenvalue weighted by Crippen LogP contribution is -2.50. The zero-order chi connectivity index (χ0) is 23.6. The van der Waals surface area contributed by atoms with Crippen molar-refractivity contribution in [1.82, 2.24) is 10.2 Å². The van der Waals surface area contributed by atoms with Crippen molar-refractivity contribution in [1.29, 1.82) is 0 Å². The highest BCUT2D eigenvalue weighted by Gasteiger charge is 2.51. The number of hydrogen-bond acceptors (Lipinski definition) is 3. The van der Waals surface area contributed by atoms with Crippen LogP contribution in [0.1, 0.15) is 44.0 Å². The summed E-state index contributed by atoms with van der Waals surface area (Å²) in [5.74, 6) is -0.591. The van der Waals surface area contributed by atoms with Gasteiger partial charge in [-0.3, -0.25) is 4.79 Å². The van der Waals surface area contributed by atoms with Crippen LogP contribution < -0.4 is 5.32 Å². The van der Waals surface area contributed by atoms with E-state index in [1.165, 1.54) is 4.90 Å². The van der Waals surface area contributed by atoms with E-state index in [1.807, 2.05) is 48.5 Å². The smallest absolute Gasteiger partial charge is 0.405 e. The van der Waals surface area contributed by atoms with Gasteiger partial charge in [-0.2, -0.15) is 0 Å². The zero-order valence-electron chi connectivity index (χ0n) is 17.9. The number of nitrogens with zero attached hydrogens (tertiary/aromatic N) is 1. The van der Waals surface area contributed by atoms with Gasteiger partial charge in [0.1, 0.15) is 18.5 Å². The van der Waals surface area contributed by atoms with Crippen LogP contribution in [-0.2, 0) is 9.53 Å². The van der Waals surface area contributed by atoms with Crippen molar-refractivity contribution in [3.05, 3.63) is 59.7 Å². The Bertz CT molecular complexity index is 967. The molecular formula is C23H25Cl2FN2O4. The summed E-state index contributed by atoms with van der Waals surface area (Å²) < 4.78 is 20.0. The molecule has 0 unspecified atom stereocenters. The second kappa shape index (κ2) is 9.65. The number of rotatable bonds is 6. The molecule has 0 radical (unpaired) electrons. The molecule has 0 aromatic heterocycles. The van der Waals surface area contributed by atoms with Crippen LogP contribution in [0.3, 0.4) is 0 Å². The molecule has 3 rings (SSSR count). The molecule has 9 heteroatoms. The Morgan fingerprint density at radius 1 is 1.12 bits per heavy atom. The summed E-state index contributed by atoms with van der Waals surface area (Å²) in [6, 6.07) is 13.9. The average Bonchev–Trinajstić information content (AvgIpc) is 3.03. The Labute approximate surface area is 196 Å². The first-order chi connectivity index (χ1) is 15.0. The summed E-state index contributed by atoms with van der Waals surface area (Å²) in [6.45, 7) is 4.33. The standard InChI is InChI=1S/C23H25Cl2FN2O4/c1-13(27-22(30)31)14-4-6-15(7-5-14)16-8-10-17(11-9-16)19-18(12-26)28(21(29)20(24)25)23(2,3)32-19/h4-11,13,18-20,27H,12H2,1-3H3,(H,30,31)/t13-,18-,19-/m1/s1. The number of benzene rings is 2. The van der Waals surface area contributed by atoms with Crippen LogP contribution in [0, 0.1) is 0 Å². The molecule has 1 aliphatic rings.